The molecular formula is C9H13NO3S. The largest absolute Gasteiger partial charge is 0.481 e. The number of hydrogen-bond donors (Lipinski definition) is 1. The molecule has 0 radical (unpaired) electrons. The van der Waals surface area contributed by atoms with Gasteiger partial charge in [0.25, 0.3) is 0 Å². The van der Waals surface area contributed by atoms with Crippen molar-refractivity contribution < 1.29 is 14.4 Å². The lowest BCUT2D eigenvalue weighted by Gasteiger charge is -2.05. The van der Waals surface area contributed by atoms with E-state index in [-0.39, 0.29) is 11.7 Å². The molecule has 0 saturated carbocycles. The summed E-state index contributed by atoms with van der Waals surface area (Å²) in [6, 6.07) is 1.86. The Labute approximate surface area is 86.7 Å². The topological polar surface area (TPSA) is 63.3 Å². The molecule has 14 heavy (non-hydrogen) atoms. The number of nitrogens with zero attached hydrogens (tertiary/aromatic N) is 1. The molecule has 1 aromatic rings. The maximum atomic E-state index is 10.4. The first-order chi connectivity index (χ1) is 6.58. The van der Waals surface area contributed by atoms with E-state index in [9.17, 15) is 4.79 Å². The number of carbonyl (C=O) groups is 1. The molecule has 0 aliphatic rings. The van der Waals surface area contributed by atoms with E-state index in [0.29, 0.717) is 5.75 Å². The quantitative estimate of drug-likeness (QED) is 0.814. The first kappa shape index (κ1) is 11.1. The number of rotatable bonds is 5. The van der Waals surface area contributed by atoms with Gasteiger partial charge >= 0.3 is 5.97 Å². The molecule has 1 heterocycles. The lowest BCUT2D eigenvalue weighted by Crippen LogP contribution is -2.05. The van der Waals surface area contributed by atoms with Crippen LogP contribution in [0.15, 0.2) is 10.6 Å². The van der Waals surface area contributed by atoms with Gasteiger partial charge in [-0.25, -0.2) is 0 Å². The maximum Gasteiger partial charge on any atom is 0.304 e. The van der Waals surface area contributed by atoms with Gasteiger partial charge in [-0.15, -0.1) is 0 Å². The van der Waals surface area contributed by atoms with E-state index < -0.39 is 5.97 Å². The number of hydrogen-bond acceptors (Lipinski definition) is 4. The zero-order valence-electron chi connectivity index (χ0n) is 8.19. The summed E-state index contributed by atoms with van der Waals surface area (Å²) in [5.41, 5.74) is 0.853. The van der Waals surface area contributed by atoms with Crippen molar-refractivity contribution in [3.63, 3.8) is 0 Å². The summed E-state index contributed by atoms with van der Waals surface area (Å²) in [5.74, 6) is 0.707. The van der Waals surface area contributed by atoms with Crippen LogP contribution in [-0.2, 0) is 10.5 Å². The molecule has 0 aromatic carbocycles. The van der Waals surface area contributed by atoms with E-state index in [2.05, 4.69) is 5.16 Å². The molecule has 0 aliphatic heterocycles. The molecule has 1 N–H and O–H groups in total. The van der Waals surface area contributed by atoms with Crippen LogP contribution < -0.4 is 0 Å². The molecule has 5 heteroatoms. The normalized spacial score (nSPS) is 12.7. The van der Waals surface area contributed by atoms with Gasteiger partial charge in [0, 0.05) is 11.3 Å². The number of aryl methyl sites for hydroxylation is 1. The van der Waals surface area contributed by atoms with Crippen LogP contribution in [0.1, 0.15) is 24.8 Å². The minimum absolute atomic E-state index is 0.0953. The van der Waals surface area contributed by atoms with Gasteiger partial charge in [-0.05, 0) is 6.92 Å². The zero-order valence-corrected chi connectivity index (χ0v) is 9.00. The van der Waals surface area contributed by atoms with Gasteiger partial charge in [0.15, 0.2) is 0 Å². The van der Waals surface area contributed by atoms with E-state index in [1.54, 1.807) is 11.8 Å². The Bertz CT molecular complexity index is 311. The molecule has 4 nitrogen and oxygen atoms in total. The number of aliphatic carboxylic acids is 1. The second-order valence-corrected chi connectivity index (χ2v) is 4.58. The SMILES string of the molecule is Cc1cc(CSC(C)CC(=O)O)on1. The van der Waals surface area contributed by atoms with Gasteiger partial charge in [0.1, 0.15) is 5.76 Å². The summed E-state index contributed by atoms with van der Waals surface area (Å²) in [7, 11) is 0. The van der Waals surface area contributed by atoms with Crippen molar-refractivity contribution in [2.75, 3.05) is 0 Å². The monoisotopic (exact) mass is 215 g/mol. The van der Waals surface area contributed by atoms with Crippen molar-refractivity contribution in [1.29, 1.82) is 0 Å². The second kappa shape index (κ2) is 5.05. The van der Waals surface area contributed by atoms with Crippen LogP contribution in [0.25, 0.3) is 0 Å². The van der Waals surface area contributed by atoms with Crippen molar-refractivity contribution >= 4 is 17.7 Å². The Morgan fingerprint density at radius 1 is 1.79 bits per heavy atom. The van der Waals surface area contributed by atoms with E-state index in [1.807, 2.05) is 19.9 Å². The number of thioether (sulfide) groups is 1. The second-order valence-electron chi connectivity index (χ2n) is 3.15. The maximum absolute atomic E-state index is 10.4. The molecule has 0 spiro atoms. The molecule has 0 fully saturated rings. The smallest absolute Gasteiger partial charge is 0.304 e. The molecule has 1 unspecified atom stereocenters. The fraction of sp³-hybridized carbons (Fsp3) is 0.556. The summed E-state index contributed by atoms with van der Waals surface area (Å²) in [6.45, 7) is 3.75. The fourth-order valence-corrected chi connectivity index (χ4v) is 1.86. The van der Waals surface area contributed by atoms with Crippen LogP contribution >= 0.6 is 11.8 Å². The molecule has 1 aromatic heterocycles. The Balaban J connectivity index is 2.30. The molecular weight excluding hydrogens is 202 g/mol. The third-order valence-electron chi connectivity index (χ3n) is 1.65. The number of carboxylic acid groups (broad SMARTS) is 1. The summed E-state index contributed by atoms with van der Waals surface area (Å²) >= 11 is 1.56. The Morgan fingerprint density at radius 3 is 3.00 bits per heavy atom. The van der Waals surface area contributed by atoms with Crippen molar-refractivity contribution in [3.05, 3.63) is 17.5 Å². The van der Waals surface area contributed by atoms with Crippen molar-refractivity contribution in [3.8, 4) is 0 Å². The highest BCUT2D eigenvalue weighted by atomic mass is 32.2. The van der Waals surface area contributed by atoms with Crippen LogP contribution in [-0.4, -0.2) is 21.5 Å². The minimum atomic E-state index is -0.765. The average molecular weight is 215 g/mol. The van der Waals surface area contributed by atoms with Crippen LogP contribution in [0.3, 0.4) is 0 Å². The first-order valence-electron chi connectivity index (χ1n) is 4.33. The first-order valence-corrected chi connectivity index (χ1v) is 5.38. The molecule has 78 valence electrons. The molecule has 0 aliphatic carbocycles. The van der Waals surface area contributed by atoms with Crippen LogP contribution in [0.4, 0.5) is 0 Å². The van der Waals surface area contributed by atoms with E-state index in [1.165, 1.54) is 0 Å². The van der Waals surface area contributed by atoms with Gasteiger partial charge in [-0.1, -0.05) is 12.1 Å². The highest BCUT2D eigenvalue weighted by Gasteiger charge is 2.09. The van der Waals surface area contributed by atoms with Gasteiger partial charge in [0.05, 0.1) is 17.9 Å². The molecule has 0 saturated heterocycles. The van der Waals surface area contributed by atoms with Crippen molar-refractivity contribution in [1.82, 2.24) is 5.16 Å². The summed E-state index contributed by atoms with van der Waals surface area (Å²) in [4.78, 5) is 10.4. The van der Waals surface area contributed by atoms with Gasteiger partial charge in [-0.2, -0.15) is 11.8 Å². The minimum Gasteiger partial charge on any atom is -0.481 e. The molecule has 1 rings (SSSR count). The van der Waals surface area contributed by atoms with Crippen molar-refractivity contribution in [2.45, 2.75) is 31.3 Å². The van der Waals surface area contributed by atoms with Gasteiger partial charge in [0.2, 0.25) is 0 Å². The standard InChI is InChI=1S/C9H13NO3S/c1-6-3-8(13-10-6)5-14-7(2)4-9(11)12/h3,7H,4-5H2,1-2H3,(H,11,12). The van der Waals surface area contributed by atoms with Crippen molar-refractivity contribution in [2.24, 2.45) is 0 Å². The third kappa shape index (κ3) is 3.83. The average Bonchev–Trinajstić information content (AvgIpc) is 2.47. The Morgan fingerprint density at radius 2 is 2.50 bits per heavy atom. The molecule has 0 amide bonds. The van der Waals surface area contributed by atoms with Crippen LogP contribution in [0.5, 0.6) is 0 Å². The van der Waals surface area contributed by atoms with Gasteiger partial charge < -0.3 is 9.63 Å². The fourth-order valence-electron chi connectivity index (χ4n) is 1.01. The highest BCUT2D eigenvalue weighted by Crippen LogP contribution is 2.20. The third-order valence-corrected chi connectivity index (χ3v) is 2.84. The molecule has 1 atom stereocenters. The summed E-state index contributed by atoms with van der Waals surface area (Å²) in [5, 5.41) is 12.4. The zero-order chi connectivity index (χ0) is 10.6. The van der Waals surface area contributed by atoms with E-state index in [0.717, 1.165) is 11.5 Å². The molecule has 0 bridgehead atoms. The highest BCUT2D eigenvalue weighted by molar-refractivity contribution is 7.99. The van der Waals surface area contributed by atoms with Crippen LogP contribution in [0.2, 0.25) is 0 Å². The predicted octanol–water partition coefficient (Wildman–Crippen LogP) is 2.08. The van der Waals surface area contributed by atoms with Crippen LogP contribution in [0, 0.1) is 6.92 Å². The predicted molar refractivity (Wildman–Crippen MR) is 54.2 cm³/mol. The lowest BCUT2D eigenvalue weighted by atomic mass is 10.3. The number of carboxylic acids is 1. The summed E-state index contributed by atoms with van der Waals surface area (Å²) < 4.78 is 5.00. The van der Waals surface area contributed by atoms with E-state index >= 15 is 0 Å². The Kier molecular flexibility index (Phi) is 4.00. The summed E-state index contributed by atoms with van der Waals surface area (Å²) in [6.07, 6.45) is 0.178. The Hall–Kier alpha value is -0.970. The lowest BCUT2D eigenvalue weighted by molar-refractivity contribution is -0.136. The number of aromatic nitrogens is 1. The van der Waals surface area contributed by atoms with Gasteiger partial charge in [-0.3, -0.25) is 4.79 Å². The van der Waals surface area contributed by atoms with E-state index in [4.69, 9.17) is 9.63 Å².